The summed E-state index contributed by atoms with van der Waals surface area (Å²) in [7, 11) is 0. The number of halogens is 1. The minimum absolute atomic E-state index is 0.105. The van der Waals surface area contributed by atoms with E-state index >= 15 is 0 Å². The molecule has 2 rings (SSSR count). The second kappa shape index (κ2) is 4.74. The Morgan fingerprint density at radius 3 is 2.88 bits per heavy atom. The Hall–Kier alpha value is -0.570. The summed E-state index contributed by atoms with van der Waals surface area (Å²) in [5.41, 5.74) is 1.10. The Kier molecular flexibility index (Phi) is 3.53. The van der Waals surface area contributed by atoms with Crippen molar-refractivity contribution in [3.8, 4) is 0 Å². The number of hydrogen-bond donors (Lipinski definition) is 2. The topological polar surface area (TPSA) is 32.3 Å². The summed E-state index contributed by atoms with van der Waals surface area (Å²) in [5.74, 6) is 0.567. The summed E-state index contributed by atoms with van der Waals surface area (Å²) < 4.78 is 0. The van der Waals surface area contributed by atoms with Gasteiger partial charge in [0.25, 0.3) is 0 Å². The Morgan fingerprint density at radius 1 is 1.50 bits per heavy atom. The summed E-state index contributed by atoms with van der Waals surface area (Å²) in [6, 6.07) is 7.99. The van der Waals surface area contributed by atoms with Crippen molar-refractivity contribution in [2.24, 2.45) is 5.92 Å². The van der Waals surface area contributed by atoms with Crippen LogP contribution in [0, 0.1) is 5.92 Å². The zero-order chi connectivity index (χ0) is 11.6. The van der Waals surface area contributed by atoms with E-state index in [1.165, 1.54) is 5.56 Å². The fourth-order valence-corrected chi connectivity index (χ4v) is 2.62. The van der Waals surface area contributed by atoms with Gasteiger partial charge in [-0.1, -0.05) is 29.8 Å². The van der Waals surface area contributed by atoms with Crippen molar-refractivity contribution in [2.45, 2.75) is 25.3 Å². The van der Waals surface area contributed by atoms with Gasteiger partial charge in [0.2, 0.25) is 0 Å². The average Bonchev–Trinajstić information content (AvgIpc) is 2.65. The molecule has 1 aromatic carbocycles. The Bertz CT molecular complexity index is 369. The van der Waals surface area contributed by atoms with Crippen molar-refractivity contribution in [1.29, 1.82) is 0 Å². The molecule has 1 aromatic rings. The van der Waals surface area contributed by atoms with Crippen LogP contribution in [0.2, 0.25) is 5.02 Å². The molecule has 1 heterocycles. The molecule has 2 atom stereocenters. The van der Waals surface area contributed by atoms with Gasteiger partial charge >= 0.3 is 0 Å². The van der Waals surface area contributed by atoms with E-state index in [9.17, 15) is 5.11 Å². The van der Waals surface area contributed by atoms with Gasteiger partial charge < -0.3 is 10.4 Å². The normalized spacial score (nSPS) is 29.6. The molecule has 3 heteroatoms. The first-order valence-corrected chi connectivity index (χ1v) is 6.10. The first-order valence-electron chi connectivity index (χ1n) is 5.72. The summed E-state index contributed by atoms with van der Waals surface area (Å²) in [6.07, 6.45) is 2.00. The minimum atomic E-state index is -0.105. The highest BCUT2D eigenvalue weighted by atomic mass is 35.5. The van der Waals surface area contributed by atoms with Gasteiger partial charge in [-0.3, -0.25) is 0 Å². The third kappa shape index (κ3) is 2.57. The highest BCUT2D eigenvalue weighted by molar-refractivity contribution is 6.31. The minimum Gasteiger partial charge on any atom is -0.394 e. The molecule has 2 unspecified atom stereocenters. The maximum Gasteiger partial charge on any atom is 0.0610 e. The zero-order valence-corrected chi connectivity index (χ0v) is 10.3. The van der Waals surface area contributed by atoms with Gasteiger partial charge in [-0.2, -0.15) is 0 Å². The third-order valence-corrected chi connectivity index (χ3v) is 3.74. The fourth-order valence-electron chi connectivity index (χ4n) is 2.41. The predicted octanol–water partition coefficient (Wildman–Crippen LogP) is 2.24. The molecule has 1 aliphatic heterocycles. The summed E-state index contributed by atoms with van der Waals surface area (Å²) >= 11 is 6.14. The number of aliphatic hydroxyl groups is 1. The summed E-state index contributed by atoms with van der Waals surface area (Å²) in [6.45, 7) is 3.23. The van der Waals surface area contributed by atoms with Gasteiger partial charge in [0.15, 0.2) is 0 Å². The third-order valence-electron chi connectivity index (χ3n) is 3.37. The maximum atomic E-state index is 9.28. The number of nitrogens with one attached hydrogen (secondary N) is 1. The standard InChI is InChI=1S/C13H18ClNO/c1-13(9-16)7-10(8-15-13)6-11-4-2-3-5-12(11)14/h2-5,10,15-16H,6-9H2,1H3. The molecule has 2 N–H and O–H groups in total. The molecule has 0 saturated carbocycles. The SMILES string of the molecule is CC1(CO)CC(Cc2ccccc2Cl)CN1. The molecule has 1 fully saturated rings. The Balaban J connectivity index is 2.00. The molecule has 0 radical (unpaired) electrons. The summed E-state index contributed by atoms with van der Waals surface area (Å²) in [4.78, 5) is 0. The molecule has 88 valence electrons. The van der Waals surface area contributed by atoms with Gasteiger partial charge in [0.1, 0.15) is 0 Å². The quantitative estimate of drug-likeness (QED) is 0.848. The van der Waals surface area contributed by atoms with Crippen LogP contribution in [0.1, 0.15) is 18.9 Å². The molecule has 0 aromatic heterocycles. The number of benzene rings is 1. The van der Waals surface area contributed by atoms with Crippen LogP contribution < -0.4 is 5.32 Å². The molecule has 0 spiro atoms. The number of rotatable bonds is 3. The Morgan fingerprint density at radius 2 is 2.25 bits per heavy atom. The molecule has 0 aliphatic carbocycles. The van der Waals surface area contributed by atoms with Crippen molar-refractivity contribution in [1.82, 2.24) is 5.32 Å². The van der Waals surface area contributed by atoms with Crippen LogP contribution in [0.25, 0.3) is 0 Å². The zero-order valence-electron chi connectivity index (χ0n) is 9.54. The molecular weight excluding hydrogens is 222 g/mol. The van der Waals surface area contributed by atoms with Crippen LogP contribution in [-0.4, -0.2) is 23.8 Å². The molecular formula is C13H18ClNO. The molecule has 0 bridgehead atoms. The van der Waals surface area contributed by atoms with Gasteiger partial charge in [-0.15, -0.1) is 0 Å². The van der Waals surface area contributed by atoms with Crippen LogP contribution in [0.5, 0.6) is 0 Å². The fraction of sp³-hybridized carbons (Fsp3) is 0.538. The first kappa shape index (κ1) is 11.9. The lowest BCUT2D eigenvalue weighted by molar-refractivity contribution is 0.189. The highest BCUT2D eigenvalue weighted by Gasteiger charge is 2.33. The van der Waals surface area contributed by atoms with Gasteiger partial charge in [-0.25, -0.2) is 0 Å². The predicted molar refractivity (Wildman–Crippen MR) is 66.8 cm³/mol. The van der Waals surface area contributed by atoms with E-state index in [0.717, 1.165) is 24.4 Å². The number of aliphatic hydroxyl groups excluding tert-OH is 1. The van der Waals surface area contributed by atoms with Crippen molar-refractivity contribution < 1.29 is 5.11 Å². The molecule has 1 aliphatic rings. The lowest BCUT2D eigenvalue weighted by atomic mass is 9.91. The van der Waals surface area contributed by atoms with Gasteiger partial charge in [0.05, 0.1) is 6.61 Å². The van der Waals surface area contributed by atoms with Gasteiger partial charge in [0, 0.05) is 10.6 Å². The van der Waals surface area contributed by atoms with E-state index in [2.05, 4.69) is 18.3 Å². The maximum absolute atomic E-state index is 9.28. The van der Waals surface area contributed by atoms with Crippen LogP contribution in [0.15, 0.2) is 24.3 Å². The average molecular weight is 240 g/mol. The smallest absolute Gasteiger partial charge is 0.0610 e. The number of hydrogen-bond acceptors (Lipinski definition) is 2. The molecule has 2 nitrogen and oxygen atoms in total. The van der Waals surface area contributed by atoms with E-state index in [1.54, 1.807) is 0 Å². The van der Waals surface area contributed by atoms with E-state index in [1.807, 2.05) is 18.2 Å². The Labute approximate surface area is 102 Å². The molecule has 1 saturated heterocycles. The van der Waals surface area contributed by atoms with Crippen LogP contribution >= 0.6 is 11.6 Å². The van der Waals surface area contributed by atoms with E-state index in [0.29, 0.717) is 5.92 Å². The highest BCUT2D eigenvalue weighted by Crippen LogP contribution is 2.28. The van der Waals surface area contributed by atoms with E-state index in [-0.39, 0.29) is 12.1 Å². The van der Waals surface area contributed by atoms with Crippen molar-refractivity contribution in [2.75, 3.05) is 13.2 Å². The second-order valence-corrected chi connectivity index (χ2v) is 5.37. The van der Waals surface area contributed by atoms with Crippen LogP contribution in [0.3, 0.4) is 0 Å². The second-order valence-electron chi connectivity index (χ2n) is 4.97. The lowest BCUT2D eigenvalue weighted by Gasteiger charge is -2.21. The lowest BCUT2D eigenvalue weighted by Crippen LogP contribution is -2.39. The molecule has 16 heavy (non-hydrogen) atoms. The molecule has 0 amide bonds. The van der Waals surface area contributed by atoms with E-state index in [4.69, 9.17) is 11.6 Å². The van der Waals surface area contributed by atoms with Crippen molar-refractivity contribution in [3.63, 3.8) is 0 Å². The van der Waals surface area contributed by atoms with E-state index < -0.39 is 0 Å². The van der Waals surface area contributed by atoms with Crippen LogP contribution in [-0.2, 0) is 6.42 Å². The van der Waals surface area contributed by atoms with Crippen molar-refractivity contribution >= 4 is 11.6 Å². The largest absolute Gasteiger partial charge is 0.394 e. The van der Waals surface area contributed by atoms with Crippen molar-refractivity contribution in [3.05, 3.63) is 34.9 Å². The monoisotopic (exact) mass is 239 g/mol. The first-order chi connectivity index (χ1) is 7.63. The van der Waals surface area contributed by atoms with Gasteiger partial charge in [-0.05, 0) is 43.9 Å². The van der Waals surface area contributed by atoms with Crippen LogP contribution in [0.4, 0.5) is 0 Å². The summed E-state index contributed by atoms with van der Waals surface area (Å²) in [5, 5.41) is 13.5.